The van der Waals surface area contributed by atoms with Gasteiger partial charge in [0.1, 0.15) is 0 Å². The molecule has 0 radical (unpaired) electrons. The third kappa shape index (κ3) is 3.24. The first kappa shape index (κ1) is 14.1. The van der Waals surface area contributed by atoms with E-state index in [2.05, 4.69) is 10.3 Å². The van der Waals surface area contributed by atoms with Crippen LogP contribution in [0.15, 0.2) is 12.1 Å². The van der Waals surface area contributed by atoms with Gasteiger partial charge in [-0.25, -0.2) is 4.98 Å². The summed E-state index contributed by atoms with van der Waals surface area (Å²) in [6.45, 7) is 2.74. The summed E-state index contributed by atoms with van der Waals surface area (Å²) in [5, 5.41) is 14.1. The van der Waals surface area contributed by atoms with Gasteiger partial charge in [0.25, 0.3) is 5.91 Å². The van der Waals surface area contributed by atoms with Crippen LogP contribution in [0.5, 0.6) is 0 Å². The minimum Gasteiger partial charge on any atom is -0.358 e. The van der Waals surface area contributed by atoms with E-state index >= 15 is 0 Å². The Kier molecular flexibility index (Phi) is 3.92. The number of hydrogen-bond acceptors (Lipinski definition) is 4. The van der Waals surface area contributed by atoms with Crippen molar-refractivity contribution in [2.24, 2.45) is 5.92 Å². The molecule has 1 unspecified atom stereocenters. The predicted molar refractivity (Wildman–Crippen MR) is 77.1 cm³/mol. The van der Waals surface area contributed by atoms with Gasteiger partial charge in [0.15, 0.2) is 5.69 Å². The molecule has 7 heteroatoms. The summed E-state index contributed by atoms with van der Waals surface area (Å²) in [4.78, 5) is 27.3. The smallest absolute Gasteiger partial charge is 0.321 e. The van der Waals surface area contributed by atoms with Gasteiger partial charge >= 0.3 is 5.82 Å². The Balaban J connectivity index is 1.70. The molecule has 114 valence electrons. The van der Waals surface area contributed by atoms with Crippen molar-refractivity contribution in [1.29, 1.82) is 0 Å². The van der Waals surface area contributed by atoms with Gasteiger partial charge in [0, 0.05) is 18.7 Å². The first-order valence-corrected chi connectivity index (χ1v) is 7.50. The Hall–Kier alpha value is -1.89. The van der Waals surface area contributed by atoms with Crippen molar-refractivity contribution >= 4 is 11.7 Å². The maximum atomic E-state index is 12.6. The lowest BCUT2D eigenvalue weighted by atomic mass is 9.99. The standard InChI is InChI=1S/C14H20N4O3/c19-14(12-5-6-13(16-12)18(20)21)17(11-3-4-11)9-10-2-1-7-15-8-10/h5-6,10-11,15-16H,1-4,7-9H2. The first-order valence-electron chi connectivity index (χ1n) is 7.50. The van der Waals surface area contributed by atoms with Crippen molar-refractivity contribution in [3.05, 3.63) is 27.9 Å². The highest BCUT2D eigenvalue weighted by molar-refractivity contribution is 5.93. The van der Waals surface area contributed by atoms with Gasteiger partial charge in [-0.3, -0.25) is 4.79 Å². The number of nitro groups is 1. The van der Waals surface area contributed by atoms with Crippen LogP contribution in [-0.2, 0) is 0 Å². The van der Waals surface area contributed by atoms with E-state index in [4.69, 9.17) is 0 Å². The van der Waals surface area contributed by atoms with E-state index in [0.717, 1.165) is 45.3 Å². The number of rotatable bonds is 5. The fourth-order valence-electron chi connectivity index (χ4n) is 2.91. The third-order valence-corrected chi connectivity index (χ3v) is 4.20. The molecule has 1 atom stereocenters. The minimum absolute atomic E-state index is 0.115. The molecule has 0 spiro atoms. The van der Waals surface area contributed by atoms with Crippen molar-refractivity contribution in [2.75, 3.05) is 19.6 Å². The molecule has 2 fully saturated rings. The highest BCUT2D eigenvalue weighted by Crippen LogP contribution is 2.30. The van der Waals surface area contributed by atoms with E-state index in [1.54, 1.807) is 0 Å². The molecule has 1 aromatic rings. The summed E-state index contributed by atoms with van der Waals surface area (Å²) < 4.78 is 0. The van der Waals surface area contributed by atoms with Gasteiger partial charge in [0.05, 0.1) is 0 Å². The fraction of sp³-hybridized carbons (Fsp3) is 0.643. The number of nitrogens with zero attached hydrogens (tertiary/aromatic N) is 2. The summed E-state index contributed by atoms with van der Waals surface area (Å²) in [5.74, 6) is 0.234. The maximum absolute atomic E-state index is 12.6. The quantitative estimate of drug-likeness (QED) is 0.636. The van der Waals surface area contributed by atoms with Gasteiger partial charge in [-0.15, -0.1) is 0 Å². The molecule has 21 heavy (non-hydrogen) atoms. The Morgan fingerprint density at radius 1 is 1.38 bits per heavy atom. The number of hydrogen-bond donors (Lipinski definition) is 2. The summed E-state index contributed by atoms with van der Waals surface area (Å²) >= 11 is 0. The lowest BCUT2D eigenvalue weighted by Crippen LogP contribution is -2.42. The largest absolute Gasteiger partial charge is 0.358 e. The van der Waals surface area contributed by atoms with Crippen LogP contribution in [-0.4, -0.2) is 46.4 Å². The van der Waals surface area contributed by atoms with Gasteiger partial charge < -0.3 is 20.3 Å². The molecule has 0 bridgehead atoms. The molecular formula is C14H20N4O3. The molecule has 1 amide bonds. The number of piperidine rings is 1. The zero-order valence-corrected chi connectivity index (χ0v) is 11.9. The SMILES string of the molecule is O=C(c1ccc([N+](=O)[O-])[nH]1)N(CC1CCCNC1)C1CC1. The maximum Gasteiger partial charge on any atom is 0.321 e. The van der Waals surface area contributed by atoms with Crippen LogP contribution >= 0.6 is 0 Å². The molecule has 0 aromatic carbocycles. The van der Waals surface area contributed by atoms with Gasteiger partial charge in [-0.2, -0.15) is 0 Å². The topological polar surface area (TPSA) is 91.3 Å². The summed E-state index contributed by atoms with van der Waals surface area (Å²) in [6, 6.07) is 3.16. The van der Waals surface area contributed by atoms with E-state index in [9.17, 15) is 14.9 Å². The molecule has 2 N–H and O–H groups in total. The lowest BCUT2D eigenvalue weighted by Gasteiger charge is -2.29. The number of aromatic amines is 1. The van der Waals surface area contributed by atoms with E-state index in [1.165, 1.54) is 12.1 Å². The van der Waals surface area contributed by atoms with Crippen LogP contribution in [0, 0.1) is 16.0 Å². The normalized spacial score (nSPS) is 22.0. The monoisotopic (exact) mass is 292 g/mol. The Labute approximate surface area is 122 Å². The van der Waals surface area contributed by atoms with Crippen LogP contribution in [0.2, 0.25) is 0 Å². The zero-order chi connectivity index (χ0) is 14.8. The fourth-order valence-corrected chi connectivity index (χ4v) is 2.91. The highest BCUT2D eigenvalue weighted by Gasteiger charge is 2.36. The van der Waals surface area contributed by atoms with Crippen molar-refractivity contribution in [3.8, 4) is 0 Å². The second-order valence-electron chi connectivity index (χ2n) is 5.92. The van der Waals surface area contributed by atoms with Crippen LogP contribution in [0.4, 0.5) is 5.82 Å². The highest BCUT2D eigenvalue weighted by atomic mass is 16.6. The van der Waals surface area contributed by atoms with Gasteiger partial charge in [-0.05, 0) is 55.7 Å². The first-order chi connectivity index (χ1) is 10.1. The van der Waals surface area contributed by atoms with E-state index < -0.39 is 4.92 Å². The number of aromatic nitrogens is 1. The van der Waals surface area contributed by atoms with E-state index in [0.29, 0.717) is 17.7 Å². The van der Waals surface area contributed by atoms with Crippen molar-refractivity contribution in [2.45, 2.75) is 31.7 Å². The van der Waals surface area contributed by atoms with Crippen LogP contribution < -0.4 is 5.32 Å². The number of nitrogens with one attached hydrogen (secondary N) is 2. The summed E-state index contributed by atoms with van der Waals surface area (Å²) in [7, 11) is 0. The number of amides is 1. The average Bonchev–Trinajstić information content (AvgIpc) is 3.20. The Morgan fingerprint density at radius 2 is 2.19 bits per heavy atom. The van der Waals surface area contributed by atoms with Crippen molar-refractivity contribution in [1.82, 2.24) is 15.2 Å². The molecule has 7 nitrogen and oxygen atoms in total. The van der Waals surface area contributed by atoms with Crippen LogP contribution in [0.3, 0.4) is 0 Å². The number of carbonyl (C=O) groups excluding carboxylic acids is 1. The minimum atomic E-state index is -0.511. The molecule has 1 aliphatic carbocycles. The molecule has 2 heterocycles. The summed E-state index contributed by atoms with van der Waals surface area (Å²) in [5.41, 5.74) is 0.317. The molecule has 3 rings (SSSR count). The second kappa shape index (κ2) is 5.85. The molecule has 1 aromatic heterocycles. The van der Waals surface area contributed by atoms with E-state index in [1.807, 2.05) is 4.90 Å². The molecule has 1 aliphatic heterocycles. The number of carbonyl (C=O) groups is 1. The molecular weight excluding hydrogens is 272 g/mol. The van der Waals surface area contributed by atoms with Gasteiger partial charge in [0.2, 0.25) is 0 Å². The van der Waals surface area contributed by atoms with Crippen LogP contribution in [0.1, 0.15) is 36.2 Å². The zero-order valence-electron chi connectivity index (χ0n) is 11.9. The molecule has 2 aliphatic rings. The van der Waals surface area contributed by atoms with Crippen molar-refractivity contribution in [3.63, 3.8) is 0 Å². The number of H-pyrrole nitrogens is 1. The Morgan fingerprint density at radius 3 is 2.76 bits per heavy atom. The van der Waals surface area contributed by atoms with Crippen LogP contribution in [0.25, 0.3) is 0 Å². The lowest BCUT2D eigenvalue weighted by molar-refractivity contribution is -0.389. The molecule has 1 saturated carbocycles. The predicted octanol–water partition coefficient (Wildman–Crippen LogP) is 1.53. The summed E-state index contributed by atoms with van der Waals surface area (Å²) in [6.07, 6.45) is 4.35. The van der Waals surface area contributed by atoms with E-state index in [-0.39, 0.29) is 11.7 Å². The second-order valence-corrected chi connectivity index (χ2v) is 5.92. The average molecular weight is 292 g/mol. The Bertz CT molecular complexity index is 532. The molecule has 1 saturated heterocycles. The third-order valence-electron chi connectivity index (χ3n) is 4.20. The van der Waals surface area contributed by atoms with Gasteiger partial charge in [-0.1, -0.05) is 0 Å². The van der Waals surface area contributed by atoms with Crippen molar-refractivity contribution < 1.29 is 9.72 Å².